The highest BCUT2D eigenvalue weighted by atomic mass is 79.9. The van der Waals surface area contributed by atoms with Crippen LogP contribution in [0.3, 0.4) is 0 Å². The van der Waals surface area contributed by atoms with Crippen molar-refractivity contribution < 1.29 is 5.11 Å². The number of nitrogens with zero attached hydrogens (tertiary/aromatic N) is 1. The van der Waals surface area contributed by atoms with Gasteiger partial charge in [-0.3, -0.25) is 0 Å². The Bertz CT molecular complexity index is 527. The van der Waals surface area contributed by atoms with Gasteiger partial charge in [0.2, 0.25) is 0 Å². The molecule has 0 fully saturated rings. The summed E-state index contributed by atoms with van der Waals surface area (Å²) in [5.74, 6) is 0. The molecule has 2 rings (SSSR count). The summed E-state index contributed by atoms with van der Waals surface area (Å²) in [4.78, 5) is 4.36. The Morgan fingerprint density at radius 1 is 1.41 bits per heavy atom. The van der Waals surface area contributed by atoms with Crippen molar-refractivity contribution in [2.45, 2.75) is 19.4 Å². The van der Waals surface area contributed by atoms with Crippen LogP contribution < -0.4 is 0 Å². The van der Waals surface area contributed by atoms with Crippen molar-refractivity contribution in [2.24, 2.45) is 0 Å². The summed E-state index contributed by atoms with van der Waals surface area (Å²) in [6.07, 6.45) is 0.0293. The molecule has 17 heavy (non-hydrogen) atoms. The third-order valence-electron chi connectivity index (χ3n) is 2.36. The first kappa shape index (κ1) is 13.2. The van der Waals surface area contributed by atoms with Gasteiger partial charge in [-0.25, -0.2) is 4.98 Å². The van der Waals surface area contributed by atoms with Crippen LogP contribution in [0.25, 0.3) is 0 Å². The minimum Gasteiger partial charge on any atom is -0.388 e. The van der Waals surface area contributed by atoms with Crippen molar-refractivity contribution >= 4 is 43.2 Å². The molecule has 2 nitrogen and oxygen atoms in total. The molecule has 1 N–H and O–H groups in total. The summed E-state index contributed by atoms with van der Waals surface area (Å²) >= 11 is 8.44. The highest BCUT2D eigenvalue weighted by Gasteiger charge is 2.14. The fourth-order valence-corrected chi connectivity index (χ4v) is 3.66. The van der Waals surface area contributed by atoms with Gasteiger partial charge in [-0.15, -0.1) is 11.3 Å². The number of hydrogen-bond donors (Lipinski definition) is 1. The number of benzene rings is 1. The molecule has 1 unspecified atom stereocenters. The van der Waals surface area contributed by atoms with E-state index in [9.17, 15) is 5.11 Å². The fraction of sp³-hybridized carbons (Fsp3) is 0.250. The first-order valence-corrected chi connectivity index (χ1v) is 7.57. The van der Waals surface area contributed by atoms with Crippen molar-refractivity contribution in [3.8, 4) is 0 Å². The monoisotopic (exact) mass is 375 g/mol. The third kappa shape index (κ3) is 3.37. The Morgan fingerprint density at radius 2 is 2.18 bits per heavy atom. The quantitative estimate of drug-likeness (QED) is 0.868. The van der Waals surface area contributed by atoms with Gasteiger partial charge >= 0.3 is 0 Å². The SMILES string of the molecule is Cc1csc(CC(O)c2ccc(Br)cc2Br)n1. The van der Waals surface area contributed by atoms with Crippen molar-refractivity contribution in [1.82, 2.24) is 4.98 Å². The lowest BCUT2D eigenvalue weighted by Gasteiger charge is -2.11. The molecular formula is C12H11Br2NOS. The van der Waals surface area contributed by atoms with Crippen LogP contribution in [0.4, 0.5) is 0 Å². The second kappa shape index (κ2) is 5.61. The molecule has 2 aromatic rings. The third-order valence-corrected chi connectivity index (χ3v) is 4.53. The average Bonchev–Trinajstić information content (AvgIpc) is 2.63. The first-order chi connectivity index (χ1) is 8.06. The standard InChI is InChI=1S/C12H11Br2NOS/c1-7-6-17-12(15-7)5-11(16)9-3-2-8(13)4-10(9)14/h2-4,6,11,16H,5H2,1H3. The minimum absolute atomic E-state index is 0.525. The molecule has 0 aliphatic heterocycles. The lowest BCUT2D eigenvalue weighted by Crippen LogP contribution is -2.02. The molecule has 90 valence electrons. The van der Waals surface area contributed by atoms with E-state index in [0.717, 1.165) is 25.2 Å². The zero-order valence-corrected chi connectivity index (χ0v) is 13.1. The van der Waals surface area contributed by atoms with Crippen LogP contribution in [-0.4, -0.2) is 10.1 Å². The van der Waals surface area contributed by atoms with Crippen LogP contribution in [0.1, 0.15) is 22.4 Å². The molecule has 0 amide bonds. The van der Waals surface area contributed by atoms with Crippen LogP contribution >= 0.6 is 43.2 Å². The number of aryl methyl sites for hydroxylation is 1. The van der Waals surface area contributed by atoms with E-state index >= 15 is 0 Å². The van der Waals surface area contributed by atoms with Gasteiger partial charge < -0.3 is 5.11 Å². The van der Waals surface area contributed by atoms with Gasteiger partial charge in [-0.05, 0) is 24.6 Å². The second-order valence-corrected chi connectivity index (χ2v) is 6.48. The highest BCUT2D eigenvalue weighted by Crippen LogP contribution is 2.29. The normalized spacial score (nSPS) is 12.7. The van der Waals surface area contributed by atoms with E-state index in [1.165, 1.54) is 0 Å². The molecule has 0 bridgehead atoms. The largest absolute Gasteiger partial charge is 0.388 e. The molecule has 0 saturated carbocycles. The zero-order valence-electron chi connectivity index (χ0n) is 9.15. The molecule has 1 aromatic heterocycles. The number of aliphatic hydroxyl groups is 1. The summed E-state index contributed by atoms with van der Waals surface area (Å²) in [5, 5.41) is 13.1. The van der Waals surface area contributed by atoms with Crippen molar-refractivity contribution in [1.29, 1.82) is 0 Å². The number of rotatable bonds is 3. The summed E-state index contributed by atoms with van der Waals surface area (Å²) in [5.41, 5.74) is 1.90. The Balaban J connectivity index is 2.17. The Hall–Kier alpha value is -0.230. The van der Waals surface area contributed by atoms with E-state index in [1.54, 1.807) is 11.3 Å². The van der Waals surface area contributed by atoms with Crippen LogP contribution in [0.5, 0.6) is 0 Å². The van der Waals surface area contributed by atoms with Gasteiger partial charge in [0.15, 0.2) is 0 Å². The molecule has 1 aromatic carbocycles. The summed E-state index contributed by atoms with van der Waals surface area (Å²) in [6, 6.07) is 5.78. The smallest absolute Gasteiger partial charge is 0.0957 e. The molecule has 5 heteroatoms. The molecular weight excluding hydrogens is 366 g/mol. The van der Waals surface area contributed by atoms with Crippen molar-refractivity contribution in [2.75, 3.05) is 0 Å². The van der Waals surface area contributed by atoms with Crippen molar-refractivity contribution in [3.63, 3.8) is 0 Å². The number of aliphatic hydroxyl groups excluding tert-OH is 1. The van der Waals surface area contributed by atoms with E-state index in [1.807, 2.05) is 30.5 Å². The van der Waals surface area contributed by atoms with Crippen LogP contribution in [0.2, 0.25) is 0 Å². The number of aromatic nitrogens is 1. The summed E-state index contributed by atoms with van der Waals surface area (Å²) in [7, 11) is 0. The first-order valence-electron chi connectivity index (χ1n) is 5.10. The lowest BCUT2D eigenvalue weighted by atomic mass is 10.1. The molecule has 0 saturated heterocycles. The van der Waals surface area contributed by atoms with Gasteiger partial charge in [-0.1, -0.05) is 37.9 Å². The highest BCUT2D eigenvalue weighted by molar-refractivity contribution is 9.11. The molecule has 1 atom stereocenters. The molecule has 0 aliphatic carbocycles. The van der Waals surface area contributed by atoms with Crippen molar-refractivity contribution in [3.05, 3.63) is 48.8 Å². The molecule has 1 heterocycles. The van der Waals surface area contributed by atoms with Gasteiger partial charge in [-0.2, -0.15) is 0 Å². The lowest BCUT2D eigenvalue weighted by molar-refractivity contribution is 0.177. The van der Waals surface area contributed by atoms with Crippen LogP contribution in [0, 0.1) is 6.92 Å². The van der Waals surface area contributed by atoms with E-state index in [2.05, 4.69) is 36.8 Å². The van der Waals surface area contributed by atoms with Crippen LogP contribution in [0.15, 0.2) is 32.5 Å². The zero-order chi connectivity index (χ0) is 12.4. The number of hydrogen-bond acceptors (Lipinski definition) is 3. The maximum Gasteiger partial charge on any atom is 0.0957 e. The van der Waals surface area contributed by atoms with Gasteiger partial charge in [0.05, 0.1) is 11.1 Å². The maximum atomic E-state index is 10.2. The topological polar surface area (TPSA) is 33.1 Å². The van der Waals surface area contributed by atoms with E-state index < -0.39 is 6.10 Å². The van der Waals surface area contributed by atoms with E-state index in [0.29, 0.717) is 6.42 Å². The number of halogens is 2. The Kier molecular flexibility index (Phi) is 4.36. The Morgan fingerprint density at radius 3 is 2.76 bits per heavy atom. The van der Waals surface area contributed by atoms with Gasteiger partial charge in [0.25, 0.3) is 0 Å². The molecule has 0 spiro atoms. The van der Waals surface area contributed by atoms with Crippen LogP contribution in [-0.2, 0) is 6.42 Å². The molecule has 0 aliphatic rings. The fourth-order valence-electron chi connectivity index (χ4n) is 1.54. The summed E-state index contributed by atoms with van der Waals surface area (Å²) < 4.78 is 1.90. The predicted octanol–water partition coefficient (Wildman–Crippen LogP) is 4.25. The molecule has 0 radical (unpaired) electrons. The summed E-state index contributed by atoms with van der Waals surface area (Å²) in [6.45, 7) is 1.96. The Labute approximate surface area is 121 Å². The number of thiazole rings is 1. The van der Waals surface area contributed by atoms with Gasteiger partial charge in [0.1, 0.15) is 0 Å². The second-order valence-electron chi connectivity index (χ2n) is 3.77. The van der Waals surface area contributed by atoms with Gasteiger partial charge in [0, 0.05) is 26.4 Å². The minimum atomic E-state index is -0.525. The average molecular weight is 377 g/mol. The maximum absolute atomic E-state index is 10.2. The predicted molar refractivity (Wildman–Crippen MR) is 77.4 cm³/mol. The van der Waals surface area contributed by atoms with E-state index in [4.69, 9.17) is 0 Å². The van der Waals surface area contributed by atoms with E-state index in [-0.39, 0.29) is 0 Å².